The number of rotatable bonds is 44. The molecule has 0 amide bonds. The highest BCUT2D eigenvalue weighted by molar-refractivity contribution is 7.47. The van der Waals surface area contributed by atoms with Gasteiger partial charge in [-0.1, -0.05) is 192 Å². The van der Waals surface area contributed by atoms with Gasteiger partial charge < -0.3 is 39.9 Å². The van der Waals surface area contributed by atoms with E-state index in [1.165, 1.54) is 122 Å². The summed E-state index contributed by atoms with van der Waals surface area (Å²) in [4.78, 5) is 35.8. The summed E-state index contributed by atoms with van der Waals surface area (Å²) in [5.74, 6) is -1.15. The number of aliphatic hydroxyl groups is 5. The second-order valence-corrected chi connectivity index (χ2v) is 19.8. The number of esters is 2. The van der Waals surface area contributed by atoms with Gasteiger partial charge in [0.1, 0.15) is 43.2 Å². The van der Waals surface area contributed by atoms with E-state index in [1.807, 2.05) is 0 Å². The average Bonchev–Trinajstić information content (AvgIpc) is 3.30. The molecule has 1 aliphatic carbocycles. The molecule has 6 N–H and O–H groups in total. The van der Waals surface area contributed by atoms with Crippen LogP contribution in [0.25, 0.3) is 0 Å². The molecule has 13 nitrogen and oxygen atoms in total. The third-order valence-electron chi connectivity index (χ3n) is 12.2. The van der Waals surface area contributed by atoms with Crippen LogP contribution in [0, 0.1) is 0 Å². The van der Waals surface area contributed by atoms with E-state index in [9.17, 15) is 44.6 Å². The molecule has 1 fully saturated rings. The Morgan fingerprint density at radius 3 is 1.33 bits per heavy atom. The molecule has 0 bridgehead atoms. The number of carbonyl (C=O) groups excluding carboxylic acids is 2. The molecule has 1 saturated carbocycles. The summed E-state index contributed by atoms with van der Waals surface area (Å²) in [5.41, 5.74) is 0. The summed E-state index contributed by atoms with van der Waals surface area (Å²) >= 11 is 0. The van der Waals surface area contributed by atoms with Crippen molar-refractivity contribution in [1.82, 2.24) is 0 Å². The SMILES string of the molecule is CCCC/C=C/C/C=C/CCCCCCCC(=O)O[C@@H](COC(=O)CCC/C=C/CCCCCCCCCCCCCCCCCCCC)COP(=O)(O)OC1C(O)C(O)C(O)[C@H](O)C1O. The van der Waals surface area contributed by atoms with E-state index >= 15 is 0 Å². The molecule has 0 aliphatic heterocycles. The summed E-state index contributed by atoms with van der Waals surface area (Å²) < 4.78 is 33.6. The number of allylic oxidation sites excluding steroid dienone is 6. The molecule has 0 saturated heterocycles. The maximum atomic E-state index is 12.8. The van der Waals surface area contributed by atoms with E-state index in [0.29, 0.717) is 19.3 Å². The van der Waals surface area contributed by atoms with E-state index in [1.54, 1.807) is 0 Å². The predicted molar refractivity (Wildman–Crippen MR) is 263 cm³/mol. The van der Waals surface area contributed by atoms with Crippen molar-refractivity contribution in [3.63, 3.8) is 0 Å². The second-order valence-electron chi connectivity index (χ2n) is 18.4. The third-order valence-corrected chi connectivity index (χ3v) is 13.2. The Balaban J connectivity index is 2.37. The van der Waals surface area contributed by atoms with Crippen molar-refractivity contribution in [2.24, 2.45) is 0 Å². The van der Waals surface area contributed by atoms with Gasteiger partial charge in [-0.3, -0.25) is 18.6 Å². The number of phosphoric acid groups is 1. The highest BCUT2D eigenvalue weighted by atomic mass is 31.2. The first-order valence-corrected chi connectivity index (χ1v) is 27.8. The van der Waals surface area contributed by atoms with Crippen LogP contribution in [0.3, 0.4) is 0 Å². The second kappa shape index (κ2) is 42.0. The number of hydrogen-bond donors (Lipinski definition) is 6. The topological polar surface area (TPSA) is 210 Å². The summed E-state index contributed by atoms with van der Waals surface area (Å²) in [7, 11) is -5.13. The Labute approximate surface area is 399 Å². The Hall–Kier alpha value is -1.93. The van der Waals surface area contributed by atoms with Gasteiger partial charge in [0.05, 0.1) is 6.61 Å². The first kappa shape index (κ1) is 62.1. The van der Waals surface area contributed by atoms with Gasteiger partial charge in [0.2, 0.25) is 0 Å². The van der Waals surface area contributed by atoms with Crippen LogP contribution < -0.4 is 0 Å². The van der Waals surface area contributed by atoms with Crippen LogP contribution in [-0.4, -0.2) is 98.3 Å². The van der Waals surface area contributed by atoms with E-state index in [-0.39, 0.29) is 12.8 Å². The minimum atomic E-state index is -5.13. The van der Waals surface area contributed by atoms with Crippen LogP contribution in [0.5, 0.6) is 0 Å². The summed E-state index contributed by atoms with van der Waals surface area (Å²) in [5, 5.41) is 50.2. The molecule has 1 rings (SSSR count). The van der Waals surface area contributed by atoms with Gasteiger partial charge in [-0.2, -0.15) is 0 Å². The summed E-state index contributed by atoms with van der Waals surface area (Å²) in [6.07, 6.45) is 36.4. The lowest BCUT2D eigenvalue weighted by molar-refractivity contribution is -0.220. The van der Waals surface area contributed by atoms with Crippen LogP contribution >= 0.6 is 7.82 Å². The standard InChI is InChI=1S/C52H95O13P/c1-3-5-7-9-11-13-15-17-19-20-21-22-23-24-25-26-27-29-30-32-34-36-38-40-45(53)62-42-44(43-63-66(60,61)65-52-50(58)48(56)47(55)49(57)51(52)59)64-46(54)41-39-37-35-33-31-28-18-16-14-12-10-8-6-4-2/h10,12,16,18,32,34,44,47-52,55-59H,3-9,11,13-15,17,19-31,33,35-43H2,1-2H3,(H,60,61)/b12-10+,18-16+,34-32+/t44-,47?,48-,49?,50?,51?,52?/m0/s1. The predicted octanol–water partition coefficient (Wildman–Crippen LogP) is 11.3. The van der Waals surface area contributed by atoms with Crippen molar-refractivity contribution < 1.29 is 63.1 Å². The lowest BCUT2D eigenvalue weighted by Gasteiger charge is -2.41. The average molecular weight is 959 g/mol. The Bertz CT molecular complexity index is 1290. The summed E-state index contributed by atoms with van der Waals surface area (Å²) in [6, 6.07) is 0. The van der Waals surface area contributed by atoms with E-state index in [0.717, 1.165) is 57.8 Å². The van der Waals surface area contributed by atoms with Crippen molar-refractivity contribution in [1.29, 1.82) is 0 Å². The Kier molecular flexibility index (Phi) is 39.5. The number of hydrogen-bond acceptors (Lipinski definition) is 12. The van der Waals surface area contributed by atoms with Crippen molar-refractivity contribution in [2.75, 3.05) is 13.2 Å². The van der Waals surface area contributed by atoms with E-state index in [4.69, 9.17) is 18.5 Å². The fourth-order valence-electron chi connectivity index (χ4n) is 7.96. The van der Waals surface area contributed by atoms with E-state index in [2.05, 4.69) is 50.3 Å². The van der Waals surface area contributed by atoms with Crippen molar-refractivity contribution in [3.8, 4) is 0 Å². The van der Waals surface area contributed by atoms with Crippen LogP contribution in [-0.2, 0) is 32.7 Å². The van der Waals surface area contributed by atoms with Gasteiger partial charge in [-0.15, -0.1) is 0 Å². The summed E-state index contributed by atoms with van der Waals surface area (Å²) in [6.45, 7) is 3.25. The lowest BCUT2D eigenvalue weighted by Crippen LogP contribution is -2.64. The van der Waals surface area contributed by atoms with Crippen LogP contribution in [0.15, 0.2) is 36.5 Å². The lowest BCUT2D eigenvalue weighted by atomic mass is 9.85. The minimum absolute atomic E-state index is 0.0758. The van der Waals surface area contributed by atoms with Gasteiger partial charge in [-0.25, -0.2) is 4.57 Å². The molecule has 386 valence electrons. The number of ether oxygens (including phenoxy) is 2. The molecule has 0 aromatic heterocycles. The minimum Gasteiger partial charge on any atom is -0.462 e. The number of aliphatic hydroxyl groups excluding tert-OH is 5. The molecular weight excluding hydrogens is 864 g/mol. The zero-order chi connectivity index (χ0) is 48.5. The first-order chi connectivity index (χ1) is 31.9. The highest BCUT2D eigenvalue weighted by Crippen LogP contribution is 2.47. The maximum Gasteiger partial charge on any atom is 0.472 e. The maximum absolute atomic E-state index is 12.8. The molecule has 14 heteroatoms. The number of unbranched alkanes of at least 4 members (excludes halogenated alkanes) is 26. The van der Waals surface area contributed by atoms with Gasteiger partial charge >= 0.3 is 19.8 Å². The van der Waals surface area contributed by atoms with Gasteiger partial charge in [0.25, 0.3) is 0 Å². The van der Waals surface area contributed by atoms with E-state index < -0.39 is 75.7 Å². The van der Waals surface area contributed by atoms with Crippen LogP contribution in [0.1, 0.15) is 226 Å². The van der Waals surface area contributed by atoms with Gasteiger partial charge in [-0.05, 0) is 57.8 Å². The largest absolute Gasteiger partial charge is 0.472 e. The van der Waals surface area contributed by atoms with Crippen molar-refractivity contribution >= 4 is 19.8 Å². The molecular formula is C52H95O13P. The van der Waals surface area contributed by atoms with Crippen LogP contribution in [0.4, 0.5) is 0 Å². The quantitative estimate of drug-likeness (QED) is 0.0145. The smallest absolute Gasteiger partial charge is 0.462 e. The molecule has 0 spiro atoms. The Morgan fingerprint density at radius 2 is 0.848 bits per heavy atom. The molecule has 0 radical (unpaired) electrons. The normalized spacial score (nSPS) is 21.5. The molecule has 6 unspecified atom stereocenters. The van der Waals surface area contributed by atoms with Crippen molar-refractivity contribution in [3.05, 3.63) is 36.5 Å². The molecule has 0 heterocycles. The number of carbonyl (C=O) groups is 2. The molecule has 0 aromatic rings. The zero-order valence-corrected chi connectivity index (χ0v) is 42.1. The fourth-order valence-corrected chi connectivity index (χ4v) is 8.93. The van der Waals surface area contributed by atoms with Crippen molar-refractivity contribution in [2.45, 2.75) is 268 Å². The highest BCUT2D eigenvalue weighted by Gasteiger charge is 2.51. The molecule has 1 aliphatic rings. The fraction of sp³-hybridized carbons (Fsp3) is 0.846. The zero-order valence-electron chi connectivity index (χ0n) is 41.2. The molecule has 0 aromatic carbocycles. The first-order valence-electron chi connectivity index (χ1n) is 26.3. The molecule has 8 atom stereocenters. The van der Waals surface area contributed by atoms with Gasteiger partial charge in [0, 0.05) is 12.8 Å². The van der Waals surface area contributed by atoms with Gasteiger partial charge in [0.15, 0.2) is 6.10 Å². The molecule has 66 heavy (non-hydrogen) atoms. The Morgan fingerprint density at radius 1 is 0.470 bits per heavy atom. The monoisotopic (exact) mass is 959 g/mol. The third kappa shape index (κ3) is 33.5. The number of phosphoric ester groups is 1. The van der Waals surface area contributed by atoms with Crippen LogP contribution in [0.2, 0.25) is 0 Å².